The highest BCUT2D eigenvalue weighted by molar-refractivity contribution is 7.94. The maximum Gasteiger partial charge on any atom is 0.337 e. The Morgan fingerprint density at radius 2 is 1.72 bits per heavy atom. The summed E-state index contributed by atoms with van der Waals surface area (Å²) in [4.78, 5) is 26.0. The third kappa shape index (κ3) is 3.67. The Kier molecular flexibility index (Phi) is 5.06. The van der Waals surface area contributed by atoms with Crippen LogP contribution in [0.3, 0.4) is 0 Å². The number of nitrogens with two attached hydrogens (primary N) is 1. The van der Waals surface area contributed by atoms with Crippen molar-refractivity contribution in [3.63, 3.8) is 0 Å². The molecule has 0 amide bonds. The van der Waals surface area contributed by atoms with Crippen LogP contribution in [0.15, 0.2) is 75.1 Å². The van der Waals surface area contributed by atoms with Crippen LogP contribution in [0.5, 0.6) is 0 Å². The van der Waals surface area contributed by atoms with Gasteiger partial charge in [-0.25, -0.2) is 9.36 Å². The van der Waals surface area contributed by atoms with Gasteiger partial charge in [-0.2, -0.15) is 0 Å². The predicted octanol–water partition coefficient (Wildman–Crippen LogP) is 2.28. The zero-order chi connectivity index (χ0) is 17.8. The van der Waals surface area contributed by atoms with Gasteiger partial charge in [0.25, 0.3) is 5.56 Å². The van der Waals surface area contributed by atoms with Crippen molar-refractivity contribution in [3.8, 4) is 5.69 Å². The first-order valence-corrected chi connectivity index (χ1v) is 8.31. The molecule has 128 valence electrons. The van der Waals surface area contributed by atoms with E-state index in [2.05, 4.69) is 0 Å². The molecule has 3 aromatic rings. The van der Waals surface area contributed by atoms with Crippen LogP contribution in [0.25, 0.3) is 5.69 Å². The molecule has 0 saturated carbocycles. The summed E-state index contributed by atoms with van der Waals surface area (Å²) in [6.07, 6.45) is 0. The lowest BCUT2D eigenvalue weighted by Gasteiger charge is -2.13. The molecule has 25 heavy (non-hydrogen) atoms. The molecule has 3 rings (SSSR count). The molecule has 0 radical (unpaired) electrons. The van der Waals surface area contributed by atoms with Gasteiger partial charge >= 0.3 is 5.69 Å². The van der Waals surface area contributed by atoms with Gasteiger partial charge in [0, 0.05) is 23.0 Å². The lowest BCUT2D eigenvalue weighted by Crippen LogP contribution is -2.40. The monoisotopic (exact) mass is 355 g/mol. The molecule has 0 fully saturated rings. The van der Waals surface area contributed by atoms with Gasteiger partial charge in [0.05, 0.1) is 19.3 Å². The van der Waals surface area contributed by atoms with Crippen molar-refractivity contribution in [3.05, 3.63) is 87.1 Å². The first-order chi connectivity index (χ1) is 12.1. The average Bonchev–Trinajstić information content (AvgIpc) is 2.61. The van der Waals surface area contributed by atoms with Crippen LogP contribution < -0.4 is 17.0 Å². The van der Waals surface area contributed by atoms with Gasteiger partial charge in [-0.05, 0) is 29.8 Å². The normalized spacial score (nSPS) is 10.8. The lowest BCUT2D eigenvalue weighted by atomic mass is 10.2. The second kappa shape index (κ2) is 7.42. The quantitative estimate of drug-likeness (QED) is 0.711. The maximum atomic E-state index is 12.8. The summed E-state index contributed by atoms with van der Waals surface area (Å²) in [7, 11) is 1.58. The van der Waals surface area contributed by atoms with Crippen molar-refractivity contribution in [2.24, 2.45) is 0 Å². The molecule has 0 aliphatic carbocycles. The third-order valence-electron chi connectivity index (χ3n) is 3.68. The Balaban J connectivity index is 2.07. The molecule has 6 nitrogen and oxygen atoms in total. The van der Waals surface area contributed by atoms with Crippen LogP contribution in [-0.2, 0) is 10.7 Å². The SMILES string of the molecule is COSc1ccc(-n2c(N)cc(=O)n(Cc3ccccc3)c2=O)cc1. The van der Waals surface area contributed by atoms with Crippen molar-refractivity contribution >= 4 is 17.9 Å². The van der Waals surface area contributed by atoms with Gasteiger partial charge in [-0.3, -0.25) is 9.36 Å². The largest absolute Gasteiger partial charge is 0.385 e. The fraction of sp³-hybridized carbons (Fsp3) is 0.111. The number of nitrogen functional groups attached to an aromatic ring is 1. The van der Waals surface area contributed by atoms with E-state index in [9.17, 15) is 9.59 Å². The molecule has 0 atom stereocenters. The van der Waals surface area contributed by atoms with Crippen LogP contribution in [0, 0.1) is 0 Å². The van der Waals surface area contributed by atoms with Crippen molar-refractivity contribution in [2.45, 2.75) is 11.4 Å². The number of nitrogens with zero attached hydrogens (tertiary/aromatic N) is 2. The van der Waals surface area contributed by atoms with Gasteiger partial charge in [0.2, 0.25) is 0 Å². The second-order valence-electron chi connectivity index (χ2n) is 5.34. The summed E-state index contributed by atoms with van der Waals surface area (Å²) >= 11 is 1.22. The molecule has 2 N–H and O–H groups in total. The third-order valence-corrected chi connectivity index (χ3v) is 4.31. The molecule has 0 unspecified atom stereocenters. The number of aromatic nitrogens is 2. The van der Waals surface area contributed by atoms with E-state index in [0.717, 1.165) is 10.5 Å². The van der Waals surface area contributed by atoms with Crippen LogP contribution in [-0.4, -0.2) is 16.2 Å². The summed E-state index contributed by atoms with van der Waals surface area (Å²) in [5, 5.41) is 0. The van der Waals surface area contributed by atoms with Crippen LogP contribution >= 0.6 is 12.0 Å². The Morgan fingerprint density at radius 1 is 1.04 bits per heavy atom. The van der Waals surface area contributed by atoms with Crippen LogP contribution in [0.1, 0.15) is 5.56 Å². The Bertz CT molecular complexity index is 979. The van der Waals surface area contributed by atoms with E-state index in [1.807, 2.05) is 42.5 Å². The van der Waals surface area contributed by atoms with Crippen LogP contribution in [0.2, 0.25) is 0 Å². The van der Waals surface area contributed by atoms with E-state index >= 15 is 0 Å². The molecule has 0 saturated heterocycles. The number of hydrogen-bond acceptors (Lipinski definition) is 5. The average molecular weight is 355 g/mol. The van der Waals surface area contributed by atoms with Crippen molar-refractivity contribution in [1.82, 2.24) is 9.13 Å². The predicted molar refractivity (Wildman–Crippen MR) is 99.1 cm³/mol. The van der Waals surface area contributed by atoms with E-state index in [1.165, 1.54) is 27.2 Å². The number of anilines is 1. The van der Waals surface area contributed by atoms with Gasteiger partial charge in [0.15, 0.2) is 0 Å². The van der Waals surface area contributed by atoms with E-state index in [4.69, 9.17) is 9.92 Å². The van der Waals surface area contributed by atoms with Crippen molar-refractivity contribution in [2.75, 3.05) is 12.8 Å². The minimum atomic E-state index is -0.471. The molecule has 2 aromatic carbocycles. The fourth-order valence-corrected chi connectivity index (χ4v) is 2.95. The summed E-state index contributed by atoms with van der Waals surface area (Å²) in [5.74, 6) is 0.103. The molecule has 0 bridgehead atoms. The Hall–Kier alpha value is -2.77. The van der Waals surface area contributed by atoms with Gasteiger partial charge in [0.1, 0.15) is 5.82 Å². The fourth-order valence-electron chi connectivity index (χ4n) is 2.51. The van der Waals surface area contributed by atoms with E-state index in [-0.39, 0.29) is 12.4 Å². The highest BCUT2D eigenvalue weighted by atomic mass is 32.2. The Morgan fingerprint density at radius 3 is 2.36 bits per heavy atom. The van der Waals surface area contributed by atoms with E-state index in [0.29, 0.717) is 5.69 Å². The number of rotatable bonds is 5. The zero-order valence-corrected chi connectivity index (χ0v) is 14.4. The van der Waals surface area contributed by atoms with Gasteiger partial charge in [-0.1, -0.05) is 30.3 Å². The highest BCUT2D eigenvalue weighted by Crippen LogP contribution is 2.20. The number of hydrogen-bond donors (Lipinski definition) is 1. The minimum Gasteiger partial charge on any atom is -0.385 e. The highest BCUT2D eigenvalue weighted by Gasteiger charge is 2.12. The van der Waals surface area contributed by atoms with E-state index in [1.54, 1.807) is 19.2 Å². The maximum absolute atomic E-state index is 12.8. The smallest absolute Gasteiger partial charge is 0.337 e. The van der Waals surface area contributed by atoms with Gasteiger partial charge in [-0.15, -0.1) is 0 Å². The molecular weight excluding hydrogens is 338 g/mol. The van der Waals surface area contributed by atoms with E-state index < -0.39 is 11.2 Å². The molecule has 0 spiro atoms. The molecular formula is C18H17N3O3S. The summed E-state index contributed by atoms with van der Waals surface area (Å²) < 4.78 is 7.50. The molecule has 7 heteroatoms. The zero-order valence-electron chi connectivity index (χ0n) is 13.6. The number of benzene rings is 2. The Labute approximate surface area is 148 Å². The summed E-state index contributed by atoms with van der Waals surface area (Å²) in [5.41, 5.74) is 6.49. The first-order valence-electron chi connectivity index (χ1n) is 7.57. The van der Waals surface area contributed by atoms with Gasteiger partial charge < -0.3 is 9.92 Å². The molecule has 0 aliphatic rings. The molecule has 1 aromatic heterocycles. The summed E-state index contributed by atoms with van der Waals surface area (Å²) in [6.45, 7) is 0.191. The summed E-state index contributed by atoms with van der Waals surface area (Å²) in [6, 6.07) is 17.8. The second-order valence-corrected chi connectivity index (χ2v) is 6.31. The topological polar surface area (TPSA) is 79.2 Å². The minimum absolute atomic E-state index is 0.103. The molecule has 1 heterocycles. The van der Waals surface area contributed by atoms with Crippen molar-refractivity contribution in [1.29, 1.82) is 0 Å². The first kappa shape index (κ1) is 17.1. The standard InChI is InChI=1S/C18H17N3O3S/c1-24-25-15-9-7-14(8-10-15)21-16(19)11-17(22)20(18(21)23)12-13-5-3-2-4-6-13/h2-11H,12,19H2,1H3. The van der Waals surface area contributed by atoms with Crippen LogP contribution in [0.4, 0.5) is 5.82 Å². The van der Waals surface area contributed by atoms with Crippen molar-refractivity contribution < 1.29 is 4.18 Å². The lowest BCUT2D eigenvalue weighted by molar-refractivity contribution is 0.490. The molecule has 0 aliphatic heterocycles.